The van der Waals surface area contributed by atoms with Crippen LogP contribution in [-0.2, 0) is 4.79 Å². The molecule has 1 aliphatic rings. The highest BCUT2D eigenvalue weighted by Gasteiger charge is 2.36. The number of hydrogen-bond acceptors (Lipinski definition) is 3. The minimum Gasteiger partial charge on any atom is -0.304 e. The zero-order chi connectivity index (χ0) is 9.84. The van der Waals surface area contributed by atoms with Crippen molar-refractivity contribution < 1.29 is 9.72 Å². The van der Waals surface area contributed by atoms with Gasteiger partial charge in [0, 0.05) is 17.3 Å². The van der Waals surface area contributed by atoms with Gasteiger partial charge in [0.1, 0.15) is 6.29 Å². The molecule has 1 aliphatic carbocycles. The summed E-state index contributed by atoms with van der Waals surface area (Å²) in [6.07, 6.45) is 3.68. The van der Waals surface area contributed by atoms with E-state index in [9.17, 15) is 14.9 Å². The Bertz CT molecular complexity index is 210. The Hall–Kier alpha value is -0.865. The molecule has 13 heavy (non-hydrogen) atoms. The molecule has 0 N–H and O–H groups in total. The van der Waals surface area contributed by atoms with Crippen molar-refractivity contribution in [3.63, 3.8) is 0 Å². The number of aldehydes is 1. The Kier molecular flexibility index (Phi) is 3.45. The zero-order valence-electron chi connectivity index (χ0n) is 7.39. The lowest BCUT2D eigenvalue weighted by Gasteiger charge is -2.27. The summed E-state index contributed by atoms with van der Waals surface area (Å²) >= 11 is 0. The monoisotopic (exact) mass is 181 g/mol. The fraction of sp³-hybridized carbons (Fsp3) is 0.875. The van der Waals surface area contributed by atoms with Crippen molar-refractivity contribution in [1.82, 2.24) is 0 Å². The standard InChI is InChI=1S/C8H12BNO3/c9-7(5-11)6-3-1-2-4-8(6)10(12)13/h5-8H,1-4H2/t6-,7+,8+/m0/s1. The Labute approximate surface area is 78.3 Å². The molecule has 0 heterocycles. The summed E-state index contributed by atoms with van der Waals surface area (Å²) in [5.41, 5.74) is 0. The highest BCUT2D eigenvalue weighted by atomic mass is 16.6. The maximum absolute atomic E-state index is 10.6. The molecule has 0 bridgehead atoms. The van der Waals surface area contributed by atoms with Crippen molar-refractivity contribution in [1.29, 1.82) is 0 Å². The predicted molar refractivity (Wildman–Crippen MR) is 48.3 cm³/mol. The first-order chi connectivity index (χ1) is 6.16. The fourth-order valence-electron chi connectivity index (χ4n) is 1.95. The van der Waals surface area contributed by atoms with Crippen LogP contribution in [0.2, 0.25) is 5.82 Å². The van der Waals surface area contributed by atoms with Gasteiger partial charge in [-0.2, -0.15) is 0 Å². The number of nitrogens with zero attached hydrogens (tertiary/aromatic N) is 1. The van der Waals surface area contributed by atoms with Gasteiger partial charge in [-0.3, -0.25) is 10.1 Å². The Balaban J connectivity index is 2.66. The van der Waals surface area contributed by atoms with Gasteiger partial charge >= 0.3 is 0 Å². The smallest absolute Gasteiger partial charge is 0.215 e. The molecule has 0 aliphatic heterocycles. The second kappa shape index (κ2) is 4.39. The van der Waals surface area contributed by atoms with E-state index in [1.807, 2.05) is 0 Å². The molecule has 5 heteroatoms. The topological polar surface area (TPSA) is 60.2 Å². The molecule has 70 valence electrons. The number of carbonyl (C=O) groups is 1. The SMILES string of the molecule is [B][C@H](C=O)[C@@H]1CCCC[C@H]1[N+](=O)[O-]. The Morgan fingerprint density at radius 3 is 2.62 bits per heavy atom. The molecule has 1 fully saturated rings. The van der Waals surface area contributed by atoms with Crippen LogP contribution in [-0.4, -0.2) is 25.1 Å². The molecule has 0 unspecified atom stereocenters. The van der Waals surface area contributed by atoms with Gasteiger partial charge in [0.15, 0.2) is 0 Å². The molecular weight excluding hydrogens is 169 g/mol. The molecule has 0 amide bonds. The lowest BCUT2D eigenvalue weighted by Crippen LogP contribution is -2.35. The molecule has 0 aromatic rings. The highest BCUT2D eigenvalue weighted by molar-refractivity contribution is 6.19. The van der Waals surface area contributed by atoms with Crippen molar-refractivity contribution in [3.8, 4) is 0 Å². The molecule has 1 rings (SSSR count). The summed E-state index contributed by atoms with van der Waals surface area (Å²) in [4.78, 5) is 20.7. The molecule has 0 spiro atoms. The number of nitro groups is 1. The third-order valence-corrected chi connectivity index (χ3v) is 2.70. The van der Waals surface area contributed by atoms with E-state index in [-0.39, 0.29) is 10.8 Å². The van der Waals surface area contributed by atoms with E-state index in [0.29, 0.717) is 19.1 Å². The van der Waals surface area contributed by atoms with Crippen LogP contribution >= 0.6 is 0 Å². The van der Waals surface area contributed by atoms with Crippen LogP contribution in [0, 0.1) is 16.0 Å². The largest absolute Gasteiger partial charge is 0.304 e. The fourth-order valence-corrected chi connectivity index (χ4v) is 1.95. The van der Waals surface area contributed by atoms with Crippen LogP contribution < -0.4 is 0 Å². The zero-order valence-corrected chi connectivity index (χ0v) is 7.39. The van der Waals surface area contributed by atoms with E-state index in [1.165, 1.54) is 0 Å². The van der Waals surface area contributed by atoms with Crippen LogP contribution in [0.3, 0.4) is 0 Å². The van der Waals surface area contributed by atoms with Gasteiger partial charge in [-0.1, -0.05) is 6.42 Å². The van der Waals surface area contributed by atoms with E-state index in [4.69, 9.17) is 7.85 Å². The van der Waals surface area contributed by atoms with E-state index in [2.05, 4.69) is 0 Å². The van der Waals surface area contributed by atoms with Gasteiger partial charge in [-0.15, -0.1) is 0 Å². The molecular formula is C8H12BNO3. The lowest BCUT2D eigenvalue weighted by molar-refractivity contribution is -0.535. The van der Waals surface area contributed by atoms with Crippen molar-refractivity contribution in [2.24, 2.45) is 5.92 Å². The van der Waals surface area contributed by atoms with Gasteiger partial charge in [-0.05, 0) is 18.7 Å². The van der Waals surface area contributed by atoms with Crippen LogP contribution in [0.4, 0.5) is 0 Å². The number of carbonyl (C=O) groups excluding carboxylic acids is 1. The molecule has 3 atom stereocenters. The third kappa shape index (κ3) is 2.29. The average molecular weight is 181 g/mol. The van der Waals surface area contributed by atoms with E-state index in [1.54, 1.807) is 0 Å². The van der Waals surface area contributed by atoms with Crippen LogP contribution in [0.1, 0.15) is 25.7 Å². The normalized spacial score (nSPS) is 30.8. The molecule has 2 radical (unpaired) electrons. The maximum Gasteiger partial charge on any atom is 0.215 e. The summed E-state index contributed by atoms with van der Waals surface area (Å²) in [6.45, 7) is 0. The third-order valence-electron chi connectivity index (χ3n) is 2.70. The highest BCUT2D eigenvalue weighted by Crippen LogP contribution is 2.32. The summed E-state index contributed by atoms with van der Waals surface area (Å²) in [7, 11) is 5.50. The molecule has 1 saturated carbocycles. The summed E-state index contributed by atoms with van der Waals surface area (Å²) in [5, 5.41) is 10.6. The second-order valence-electron chi connectivity index (χ2n) is 3.51. The van der Waals surface area contributed by atoms with Crippen molar-refractivity contribution in [2.75, 3.05) is 0 Å². The first kappa shape index (κ1) is 10.2. The van der Waals surface area contributed by atoms with Crippen molar-refractivity contribution >= 4 is 14.1 Å². The van der Waals surface area contributed by atoms with Crippen LogP contribution in [0.5, 0.6) is 0 Å². The van der Waals surface area contributed by atoms with Gasteiger partial charge in [0.2, 0.25) is 6.04 Å². The first-order valence-corrected chi connectivity index (χ1v) is 4.51. The first-order valence-electron chi connectivity index (χ1n) is 4.51. The van der Waals surface area contributed by atoms with Crippen LogP contribution in [0.15, 0.2) is 0 Å². The Morgan fingerprint density at radius 2 is 2.08 bits per heavy atom. The van der Waals surface area contributed by atoms with Gasteiger partial charge in [0.05, 0.1) is 7.85 Å². The quantitative estimate of drug-likeness (QED) is 0.282. The van der Waals surface area contributed by atoms with E-state index in [0.717, 1.165) is 12.8 Å². The molecule has 0 aromatic carbocycles. The number of rotatable bonds is 3. The van der Waals surface area contributed by atoms with E-state index >= 15 is 0 Å². The number of hydrogen-bond donors (Lipinski definition) is 0. The predicted octanol–water partition coefficient (Wildman–Crippen LogP) is 0.978. The maximum atomic E-state index is 10.6. The van der Waals surface area contributed by atoms with E-state index < -0.39 is 11.9 Å². The molecule has 0 saturated heterocycles. The Morgan fingerprint density at radius 1 is 1.46 bits per heavy atom. The van der Waals surface area contributed by atoms with Gasteiger partial charge in [-0.25, -0.2) is 0 Å². The molecule has 0 aromatic heterocycles. The van der Waals surface area contributed by atoms with Crippen molar-refractivity contribution in [3.05, 3.63) is 10.1 Å². The van der Waals surface area contributed by atoms with Gasteiger partial charge in [0.25, 0.3) is 0 Å². The average Bonchev–Trinajstić information content (AvgIpc) is 2.16. The molecule has 4 nitrogen and oxygen atoms in total. The minimum atomic E-state index is -0.671. The van der Waals surface area contributed by atoms with Crippen molar-refractivity contribution in [2.45, 2.75) is 37.5 Å². The summed E-state index contributed by atoms with van der Waals surface area (Å²) < 4.78 is 0. The second-order valence-corrected chi connectivity index (χ2v) is 3.51. The summed E-state index contributed by atoms with van der Waals surface area (Å²) in [5.74, 6) is -0.933. The lowest BCUT2D eigenvalue weighted by atomic mass is 9.69. The summed E-state index contributed by atoms with van der Waals surface area (Å²) in [6, 6.07) is -0.617. The van der Waals surface area contributed by atoms with Gasteiger partial charge < -0.3 is 4.79 Å². The van der Waals surface area contributed by atoms with Crippen LogP contribution in [0.25, 0.3) is 0 Å². The minimum absolute atomic E-state index is 0.263.